The predicted molar refractivity (Wildman–Crippen MR) is 55.5 cm³/mol. The van der Waals surface area contributed by atoms with Crippen LogP contribution in [0.2, 0.25) is 0 Å². The molecule has 0 spiro atoms. The lowest BCUT2D eigenvalue weighted by atomic mass is 10.2. The molecule has 2 atom stereocenters. The molecule has 3 heteroatoms. The van der Waals surface area contributed by atoms with Gasteiger partial charge in [-0.15, -0.1) is 0 Å². The number of rotatable bonds is 3. The molecule has 0 amide bonds. The largest absolute Gasteiger partial charge is 0.491 e. The molecule has 1 aliphatic heterocycles. The van der Waals surface area contributed by atoms with Crippen LogP contribution in [0.1, 0.15) is 19.8 Å². The van der Waals surface area contributed by atoms with Gasteiger partial charge in [-0.25, -0.2) is 4.39 Å². The highest BCUT2D eigenvalue weighted by Gasteiger charge is 2.21. The standard InChI is InChI=1S/C12H15FO2/c1-9-2-5-12(15-9)8-14-11-6-3-10(13)4-7-11/h3-4,6-7,9,12H,2,5,8H2,1H3/t9-,12?/m0/s1. The molecule has 2 nitrogen and oxygen atoms in total. The molecule has 1 aromatic rings. The SMILES string of the molecule is C[C@H]1CCC(COc2ccc(F)cc2)O1. The van der Waals surface area contributed by atoms with Crippen LogP contribution in [0.3, 0.4) is 0 Å². The van der Waals surface area contributed by atoms with Crippen molar-refractivity contribution in [1.82, 2.24) is 0 Å². The third-order valence-electron chi connectivity index (χ3n) is 2.57. The van der Waals surface area contributed by atoms with Gasteiger partial charge in [0.05, 0.1) is 12.2 Å². The second-order valence-electron chi connectivity index (χ2n) is 3.91. The van der Waals surface area contributed by atoms with Crippen LogP contribution in [0, 0.1) is 5.82 Å². The summed E-state index contributed by atoms with van der Waals surface area (Å²) < 4.78 is 23.7. The Bertz CT molecular complexity index is 310. The third-order valence-corrected chi connectivity index (χ3v) is 2.57. The average Bonchev–Trinajstić information content (AvgIpc) is 2.64. The van der Waals surface area contributed by atoms with Crippen LogP contribution >= 0.6 is 0 Å². The van der Waals surface area contributed by atoms with Crippen molar-refractivity contribution in [2.75, 3.05) is 6.61 Å². The maximum atomic E-state index is 12.6. The molecule has 0 aliphatic carbocycles. The summed E-state index contributed by atoms with van der Waals surface area (Å²) in [5.41, 5.74) is 0. The predicted octanol–water partition coefficient (Wildman–Crippen LogP) is 2.77. The van der Waals surface area contributed by atoms with Gasteiger partial charge in [-0.1, -0.05) is 0 Å². The van der Waals surface area contributed by atoms with Crippen molar-refractivity contribution in [2.24, 2.45) is 0 Å². The number of halogens is 1. The van der Waals surface area contributed by atoms with Gasteiger partial charge in [0.25, 0.3) is 0 Å². The molecular weight excluding hydrogens is 195 g/mol. The molecular formula is C12H15FO2. The Hall–Kier alpha value is -1.09. The van der Waals surface area contributed by atoms with E-state index in [0.29, 0.717) is 18.5 Å². The quantitative estimate of drug-likeness (QED) is 0.763. The first kappa shape index (κ1) is 10.4. The molecule has 0 saturated carbocycles. The van der Waals surface area contributed by atoms with Crippen molar-refractivity contribution < 1.29 is 13.9 Å². The van der Waals surface area contributed by atoms with Crippen molar-refractivity contribution in [3.63, 3.8) is 0 Å². The normalized spacial score (nSPS) is 25.5. The summed E-state index contributed by atoms with van der Waals surface area (Å²) in [4.78, 5) is 0. The smallest absolute Gasteiger partial charge is 0.123 e. The third kappa shape index (κ3) is 2.93. The van der Waals surface area contributed by atoms with Crippen molar-refractivity contribution in [2.45, 2.75) is 32.0 Å². The zero-order valence-corrected chi connectivity index (χ0v) is 8.78. The summed E-state index contributed by atoms with van der Waals surface area (Å²) in [6.07, 6.45) is 2.66. The number of benzene rings is 1. The lowest BCUT2D eigenvalue weighted by Crippen LogP contribution is -2.17. The van der Waals surface area contributed by atoms with Gasteiger partial charge in [0, 0.05) is 0 Å². The van der Waals surface area contributed by atoms with Crippen LogP contribution in [0.25, 0.3) is 0 Å². The van der Waals surface area contributed by atoms with E-state index in [1.807, 2.05) is 0 Å². The van der Waals surface area contributed by atoms with Gasteiger partial charge in [-0.2, -0.15) is 0 Å². The maximum absolute atomic E-state index is 12.6. The molecule has 2 rings (SSSR count). The molecule has 0 radical (unpaired) electrons. The summed E-state index contributed by atoms with van der Waals surface area (Å²) in [5.74, 6) is 0.452. The zero-order chi connectivity index (χ0) is 10.7. The van der Waals surface area contributed by atoms with Crippen LogP contribution in [0.4, 0.5) is 4.39 Å². The molecule has 1 unspecified atom stereocenters. The van der Waals surface area contributed by atoms with Gasteiger partial charge in [0.15, 0.2) is 0 Å². The topological polar surface area (TPSA) is 18.5 Å². The number of ether oxygens (including phenoxy) is 2. The van der Waals surface area contributed by atoms with Gasteiger partial charge in [-0.3, -0.25) is 0 Å². The lowest BCUT2D eigenvalue weighted by molar-refractivity contribution is 0.0264. The van der Waals surface area contributed by atoms with E-state index in [1.54, 1.807) is 12.1 Å². The molecule has 1 heterocycles. The molecule has 1 saturated heterocycles. The Morgan fingerprint density at radius 1 is 1.33 bits per heavy atom. The van der Waals surface area contributed by atoms with E-state index < -0.39 is 0 Å². The Kier molecular flexibility index (Phi) is 3.21. The van der Waals surface area contributed by atoms with E-state index in [-0.39, 0.29) is 11.9 Å². The lowest BCUT2D eigenvalue weighted by Gasteiger charge is -2.12. The van der Waals surface area contributed by atoms with E-state index in [0.717, 1.165) is 12.8 Å². The van der Waals surface area contributed by atoms with Crippen LogP contribution < -0.4 is 4.74 Å². The highest BCUT2D eigenvalue weighted by molar-refractivity contribution is 5.22. The molecule has 1 aromatic carbocycles. The van der Waals surface area contributed by atoms with E-state index in [4.69, 9.17) is 9.47 Å². The Labute approximate surface area is 89.0 Å². The fraction of sp³-hybridized carbons (Fsp3) is 0.500. The van der Waals surface area contributed by atoms with Gasteiger partial charge in [0.1, 0.15) is 18.2 Å². The first-order valence-electron chi connectivity index (χ1n) is 5.28. The molecule has 15 heavy (non-hydrogen) atoms. The fourth-order valence-corrected chi connectivity index (χ4v) is 1.73. The van der Waals surface area contributed by atoms with Crippen molar-refractivity contribution in [1.29, 1.82) is 0 Å². The molecule has 0 N–H and O–H groups in total. The van der Waals surface area contributed by atoms with Gasteiger partial charge in [-0.05, 0) is 44.0 Å². The Morgan fingerprint density at radius 3 is 2.67 bits per heavy atom. The first-order valence-corrected chi connectivity index (χ1v) is 5.28. The average molecular weight is 210 g/mol. The van der Waals surface area contributed by atoms with Crippen molar-refractivity contribution >= 4 is 0 Å². The Balaban J connectivity index is 1.80. The monoisotopic (exact) mass is 210 g/mol. The first-order chi connectivity index (χ1) is 7.24. The van der Waals surface area contributed by atoms with Crippen LogP contribution in [-0.2, 0) is 4.74 Å². The summed E-state index contributed by atoms with van der Waals surface area (Å²) in [6, 6.07) is 6.06. The van der Waals surface area contributed by atoms with Crippen molar-refractivity contribution in [3.05, 3.63) is 30.1 Å². The summed E-state index contributed by atoms with van der Waals surface area (Å²) in [6.45, 7) is 2.62. The van der Waals surface area contributed by atoms with Crippen LogP contribution in [0.5, 0.6) is 5.75 Å². The molecule has 1 aliphatic rings. The van der Waals surface area contributed by atoms with Gasteiger partial charge in [0.2, 0.25) is 0 Å². The van der Waals surface area contributed by atoms with Gasteiger partial charge >= 0.3 is 0 Å². The van der Waals surface area contributed by atoms with E-state index in [2.05, 4.69) is 6.92 Å². The molecule has 82 valence electrons. The second-order valence-corrected chi connectivity index (χ2v) is 3.91. The van der Waals surface area contributed by atoms with E-state index >= 15 is 0 Å². The molecule has 0 aromatic heterocycles. The fourth-order valence-electron chi connectivity index (χ4n) is 1.73. The maximum Gasteiger partial charge on any atom is 0.123 e. The zero-order valence-electron chi connectivity index (χ0n) is 8.78. The number of hydrogen-bond acceptors (Lipinski definition) is 2. The minimum atomic E-state index is -0.243. The van der Waals surface area contributed by atoms with Gasteiger partial charge < -0.3 is 9.47 Å². The summed E-state index contributed by atoms with van der Waals surface area (Å²) in [7, 11) is 0. The molecule has 1 fully saturated rings. The summed E-state index contributed by atoms with van der Waals surface area (Å²) in [5, 5.41) is 0. The highest BCUT2D eigenvalue weighted by atomic mass is 19.1. The molecule has 0 bridgehead atoms. The second kappa shape index (κ2) is 4.62. The van der Waals surface area contributed by atoms with Crippen LogP contribution in [-0.4, -0.2) is 18.8 Å². The minimum absolute atomic E-state index is 0.185. The van der Waals surface area contributed by atoms with E-state index in [9.17, 15) is 4.39 Å². The summed E-state index contributed by atoms with van der Waals surface area (Å²) >= 11 is 0. The van der Waals surface area contributed by atoms with Crippen molar-refractivity contribution in [3.8, 4) is 5.75 Å². The Morgan fingerprint density at radius 2 is 2.07 bits per heavy atom. The van der Waals surface area contributed by atoms with E-state index in [1.165, 1.54) is 12.1 Å². The highest BCUT2D eigenvalue weighted by Crippen LogP contribution is 2.20. The minimum Gasteiger partial charge on any atom is -0.491 e. The number of hydrogen-bond donors (Lipinski definition) is 0. The van der Waals surface area contributed by atoms with Crippen LogP contribution in [0.15, 0.2) is 24.3 Å².